The van der Waals surface area contributed by atoms with Gasteiger partial charge in [-0.1, -0.05) is 61.8 Å². The molecular weight excluding hydrogens is 622 g/mol. The summed E-state index contributed by atoms with van der Waals surface area (Å²) in [6.45, 7) is 8.95. The third kappa shape index (κ3) is 5.24. The molecule has 0 bridgehead atoms. The topological polar surface area (TPSA) is 55.8 Å². The van der Waals surface area contributed by atoms with E-state index >= 15 is 0 Å². The summed E-state index contributed by atoms with van der Waals surface area (Å²) in [6, 6.07) is 11.9. The molecule has 0 saturated carbocycles. The third-order valence-electron chi connectivity index (χ3n) is 8.09. The fourth-order valence-electron chi connectivity index (χ4n) is 6.31. The third-order valence-corrected chi connectivity index (χ3v) is 9.46. The molecule has 2 aromatic rings. The first-order chi connectivity index (χ1) is 18.3. The molecule has 1 heterocycles. The van der Waals surface area contributed by atoms with Gasteiger partial charge in [-0.3, -0.25) is 9.59 Å². The molecule has 0 radical (unpaired) electrons. The number of allylic oxidation sites excluding steroid dienone is 4. The molecule has 1 aliphatic heterocycles. The summed E-state index contributed by atoms with van der Waals surface area (Å²) in [5.74, 6) is 0.946. The van der Waals surface area contributed by atoms with Crippen LogP contribution in [-0.4, -0.2) is 30.6 Å². The second-order valence-corrected chi connectivity index (χ2v) is 14.2. The number of carbonyl (C=O) groups is 2. The van der Waals surface area contributed by atoms with Crippen molar-refractivity contribution in [3.05, 3.63) is 79.0 Å². The molecule has 0 fully saturated rings. The van der Waals surface area contributed by atoms with Crippen LogP contribution in [0.3, 0.4) is 0 Å². The van der Waals surface area contributed by atoms with Gasteiger partial charge in [-0.05, 0) is 63.4 Å². The van der Waals surface area contributed by atoms with Crippen LogP contribution < -0.4 is 9.47 Å². The number of rotatable bonds is 5. The van der Waals surface area contributed by atoms with E-state index in [2.05, 4.69) is 64.5 Å². The van der Waals surface area contributed by atoms with Crippen molar-refractivity contribution in [2.24, 2.45) is 10.8 Å². The zero-order chi connectivity index (χ0) is 28.3. The van der Waals surface area contributed by atoms with E-state index in [1.807, 2.05) is 43.4 Å². The second kappa shape index (κ2) is 10.2. The molecule has 0 spiro atoms. The highest BCUT2D eigenvalue weighted by Gasteiger charge is 2.48. The van der Waals surface area contributed by atoms with Crippen LogP contribution in [0.1, 0.15) is 70.4 Å². The standard InChI is InChI=1S/C32H35Br2NO4/c1-31(2)13-22-28(24(36)15-31)27(29-23(35(22)5)14-32(3,4)16-25(29)37)19-11-21(34)30(26(12-19)38-6)39-17-18-9-7-8-10-20(18)33/h7-12,27H,13-17H2,1-6H3. The van der Waals surface area contributed by atoms with Gasteiger partial charge in [-0.15, -0.1) is 0 Å². The monoisotopic (exact) mass is 655 g/mol. The van der Waals surface area contributed by atoms with E-state index < -0.39 is 5.92 Å². The first kappa shape index (κ1) is 28.2. The molecule has 2 aliphatic carbocycles. The Kier molecular flexibility index (Phi) is 7.38. The first-order valence-corrected chi connectivity index (χ1v) is 14.9. The molecule has 3 aliphatic rings. The van der Waals surface area contributed by atoms with Crippen LogP contribution in [0.4, 0.5) is 0 Å². The van der Waals surface area contributed by atoms with E-state index in [9.17, 15) is 9.59 Å². The lowest BCUT2D eigenvalue weighted by Crippen LogP contribution is -2.43. The molecule has 7 heteroatoms. The quantitative estimate of drug-likeness (QED) is 0.325. The fourth-order valence-corrected chi connectivity index (χ4v) is 7.28. The summed E-state index contributed by atoms with van der Waals surface area (Å²) in [6.07, 6.45) is 2.50. The highest BCUT2D eigenvalue weighted by molar-refractivity contribution is 9.10. The molecule has 2 aromatic carbocycles. The molecule has 5 nitrogen and oxygen atoms in total. The largest absolute Gasteiger partial charge is 0.493 e. The Balaban J connectivity index is 1.63. The van der Waals surface area contributed by atoms with Crippen molar-refractivity contribution in [1.82, 2.24) is 4.90 Å². The molecule has 0 N–H and O–H groups in total. The zero-order valence-corrected chi connectivity index (χ0v) is 26.6. The normalized spacial score (nSPS) is 20.7. The summed E-state index contributed by atoms with van der Waals surface area (Å²) < 4.78 is 13.7. The average Bonchev–Trinajstić information content (AvgIpc) is 2.84. The van der Waals surface area contributed by atoms with E-state index in [-0.39, 0.29) is 22.4 Å². The summed E-state index contributed by atoms with van der Waals surface area (Å²) in [4.78, 5) is 29.7. The van der Waals surface area contributed by atoms with Gasteiger partial charge in [-0.25, -0.2) is 0 Å². The molecule has 0 saturated heterocycles. The van der Waals surface area contributed by atoms with E-state index in [1.54, 1.807) is 7.11 Å². The van der Waals surface area contributed by atoms with Crippen LogP contribution >= 0.6 is 31.9 Å². The number of hydrogen-bond acceptors (Lipinski definition) is 5. The Morgan fingerprint density at radius 1 is 0.872 bits per heavy atom. The predicted octanol–water partition coefficient (Wildman–Crippen LogP) is 8.11. The van der Waals surface area contributed by atoms with Crippen molar-refractivity contribution in [3.8, 4) is 11.5 Å². The predicted molar refractivity (Wildman–Crippen MR) is 160 cm³/mol. The van der Waals surface area contributed by atoms with Gasteiger partial charge in [-0.2, -0.15) is 0 Å². The van der Waals surface area contributed by atoms with Gasteiger partial charge in [0, 0.05) is 58.4 Å². The average molecular weight is 657 g/mol. The number of methoxy groups -OCH3 is 1. The molecule has 0 unspecified atom stereocenters. The van der Waals surface area contributed by atoms with E-state index in [4.69, 9.17) is 9.47 Å². The minimum atomic E-state index is -0.430. The molecule has 5 rings (SSSR count). The minimum absolute atomic E-state index is 0.117. The Morgan fingerprint density at radius 2 is 1.44 bits per heavy atom. The van der Waals surface area contributed by atoms with Crippen molar-refractivity contribution < 1.29 is 19.1 Å². The smallest absolute Gasteiger partial charge is 0.175 e. The van der Waals surface area contributed by atoms with Crippen molar-refractivity contribution in [1.29, 1.82) is 0 Å². The molecule has 39 heavy (non-hydrogen) atoms. The van der Waals surface area contributed by atoms with Crippen molar-refractivity contribution >= 4 is 43.4 Å². The summed E-state index contributed by atoms with van der Waals surface area (Å²) in [5, 5.41) is 0. The van der Waals surface area contributed by atoms with E-state index in [0.717, 1.165) is 55.5 Å². The van der Waals surface area contributed by atoms with Crippen LogP contribution in [0.5, 0.6) is 11.5 Å². The zero-order valence-electron chi connectivity index (χ0n) is 23.4. The molecular formula is C32H35Br2NO4. The summed E-state index contributed by atoms with van der Waals surface area (Å²) in [5.41, 5.74) is 5.18. The number of hydrogen-bond donors (Lipinski definition) is 0. The first-order valence-electron chi connectivity index (χ1n) is 13.3. The summed E-state index contributed by atoms with van der Waals surface area (Å²) >= 11 is 7.31. The highest BCUT2D eigenvalue weighted by atomic mass is 79.9. The van der Waals surface area contributed by atoms with Crippen molar-refractivity contribution in [2.45, 2.75) is 65.9 Å². The van der Waals surface area contributed by atoms with Crippen LogP contribution in [0.15, 0.2) is 67.9 Å². The number of benzene rings is 2. The molecule has 0 amide bonds. The lowest BCUT2D eigenvalue weighted by molar-refractivity contribution is -0.119. The molecule has 206 valence electrons. The Hall–Kier alpha value is -2.38. The van der Waals surface area contributed by atoms with Crippen LogP contribution in [0.25, 0.3) is 0 Å². The fraction of sp³-hybridized carbons (Fsp3) is 0.438. The Labute approximate surface area is 247 Å². The number of halogens is 2. The van der Waals surface area contributed by atoms with Gasteiger partial charge in [0.05, 0.1) is 11.6 Å². The SMILES string of the molecule is COc1cc(C2C3=C(CC(C)(C)CC3=O)N(C)C3=C2C(=O)CC(C)(C)C3)cc(Br)c1OCc1ccccc1Br. The number of Topliss-reactive ketones (excluding diaryl/α,β-unsaturated/α-hetero) is 2. The van der Waals surface area contributed by atoms with Gasteiger partial charge < -0.3 is 14.4 Å². The maximum Gasteiger partial charge on any atom is 0.175 e. The Bertz CT molecular complexity index is 1380. The minimum Gasteiger partial charge on any atom is -0.493 e. The molecule has 0 atom stereocenters. The maximum atomic E-state index is 13.8. The lowest BCUT2D eigenvalue weighted by Gasteiger charge is -2.48. The van der Waals surface area contributed by atoms with E-state index in [0.29, 0.717) is 30.9 Å². The maximum absolute atomic E-state index is 13.8. The van der Waals surface area contributed by atoms with Crippen molar-refractivity contribution in [2.75, 3.05) is 14.2 Å². The Morgan fingerprint density at radius 3 is 1.97 bits per heavy atom. The lowest BCUT2D eigenvalue weighted by atomic mass is 9.64. The number of nitrogens with zero attached hydrogens (tertiary/aromatic N) is 1. The highest BCUT2D eigenvalue weighted by Crippen LogP contribution is 2.55. The van der Waals surface area contributed by atoms with Crippen LogP contribution in [0, 0.1) is 10.8 Å². The van der Waals surface area contributed by atoms with Gasteiger partial charge in [0.15, 0.2) is 23.1 Å². The van der Waals surface area contributed by atoms with Crippen LogP contribution in [0.2, 0.25) is 0 Å². The van der Waals surface area contributed by atoms with E-state index in [1.165, 1.54) is 0 Å². The summed E-state index contributed by atoms with van der Waals surface area (Å²) in [7, 11) is 3.64. The van der Waals surface area contributed by atoms with Gasteiger partial charge in [0.25, 0.3) is 0 Å². The number of ketones is 2. The van der Waals surface area contributed by atoms with Gasteiger partial charge >= 0.3 is 0 Å². The van der Waals surface area contributed by atoms with Crippen LogP contribution in [-0.2, 0) is 16.2 Å². The van der Waals surface area contributed by atoms with Gasteiger partial charge in [0.2, 0.25) is 0 Å². The van der Waals surface area contributed by atoms with Gasteiger partial charge in [0.1, 0.15) is 6.61 Å². The second-order valence-electron chi connectivity index (χ2n) is 12.5. The van der Waals surface area contributed by atoms with Crippen molar-refractivity contribution in [3.63, 3.8) is 0 Å². The molecule has 0 aromatic heterocycles. The number of ether oxygens (including phenoxy) is 2. The number of carbonyl (C=O) groups excluding carboxylic acids is 2.